The third-order valence-electron chi connectivity index (χ3n) is 17.6. The van der Waals surface area contributed by atoms with Crippen LogP contribution in [0.5, 0.6) is 11.5 Å². The van der Waals surface area contributed by atoms with Crippen molar-refractivity contribution in [3.8, 4) is 46.1 Å². The minimum Gasteiger partial charge on any atom is -0.507 e. The Balaban J connectivity index is 0.000000127. The summed E-state index contributed by atoms with van der Waals surface area (Å²) in [5, 5.41) is 26.3. The lowest BCUT2D eigenvalue weighted by Crippen LogP contribution is -2.35. The summed E-state index contributed by atoms with van der Waals surface area (Å²) < 4.78 is 7.42. The van der Waals surface area contributed by atoms with E-state index in [-0.39, 0.29) is 0 Å². The van der Waals surface area contributed by atoms with Crippen LogP contribution in [0.4, 0.5) is 11.4 Å². The lowest BCUT2D eigenvalue weighted by Gasteiger charge is -2.38. The second-order valence-electron chi connectivity index (χ2n) is 22.7. The molecular weight excluding hydrogens is 989 g/mol. The van der Waals surface area contributed by atoms with Gasteiger partial charge in [0.2, 0.25) is 0 Å². The second-order valence-corrected chi connectivity index (χ2v) is 22.7. The summed E-state index contributed by atoms with van der Waals surface area (Å²) in [5.74, 6) is 3.96. The average Bonchev–Trinajstić information content (AvgIpc) is 4.05. The number of phenolic OH excluding ortho intramolecular Hbond substituents is 1. The molecular formula is C76H68N2O3. The first kappa shape index (κ1) is 51.6. The Morgan fingerprint density at radius 3 is 1.63 bits per heavy atom. The highest BCUT2D eigenvalue weighted by atomic mass is 16.5. The average molecular weight is 1060 g/mol. The number of aliphatic hydroxyl groups is 1. The topological polar surface area (TPSA) is 56.2 Å². The Hall–Kier alpha value is -8.82. The summed E-state index contributed by atoms with van der Waals surface area (Å²) in [6.45, 7) is 8.77. The van der Waals surface area contributed by atoms with Crippen LogP contribution in [0.25, 0.3) is 49.9 Å². The number of hydrogen-bond acceptors (Lipinski definition) is 5. The lowest BCUT2D eigenvalue weighted by atomic mass is 9.81. The van der Waals surface area contributed by atoms with Crippen LogP contribution in [0.15, 0.2) is 206 Å². The summed E-state index contributed by atoms with van der Waals surface area (Å²) in [4.78, 5) is 4.92. The van der Waals surface area contributed by atoms with E-state index in [1.54, 1.807) is 0 Å². The first-order chi connectivity index (χ1) is 39.7. The molecule has 0 amide bonds. The summed E-state index contributed by atoms with van der Waals surface area (Å²) in [7, 11) is 0. The van der Waals surface area contributed by atoms with E-state index in [0.717, 1.165) is 78.0 Å². The number of anilines is 2. The molecule has 0 spiro atoms. The van der Waals surface area contributed by atoms with Gasteiger partial charge in [-0.15, -0.1) is 6.42 Å². The molecule has 2 unspecified atom stereocenters. The minimum absolute atomic E-state index is 0.401. The van der Waals surface area contributed by atoms with Crippen molar-refractivity contribution < 1.29 is 14.9 Å². The molecule has 3 aliphatic heterocycles. The van der Waals surface area contributed by atoms with E-state index >= 15 is 0 Å². The zero-order valence-electron chi connectivity index (χ0n) is 46.5. The number of phenols is 1. The summed E-state index contributed by atoms with van der Waals surface area (Å²) in [5.41, 5.74) is 18.0. The van der Waals surface area contributed by atoms with E-state index < -0.39 is 11.2 Å². The van der Waals surface area contributed by atoms with Crippen molar-refractivity contribution in [3.63, 3.8) is 0 Å². The highest BCUT2D eigenvalue weighted by molar-refractivity contribution is 6.05. The van der Waals surface area contributed by atoms with Gasteiger partial charge in [-0.2, -0.15) is 0 Å². The Kier molecular flexibility index (Phi) is 13.8. The molecule has 400 valence electrons. The lowest BCUT2D eigenvalue weighted by molar-refractivity contribution is 0.145. The molecule has 2 saturated heterocycles. The SMILES string of the molecule is C#CC(O)(c1ccccc1)c1ccc(N2CCCCC2)cc1.Cc1ccc2c3c(c(O)cc2c1)-c1ccccc1C3.Cc1ccc2c3c(c4c(c2c1)C=CC(c1ccccc1)(c1ccc(N2CCCCC2)cc1)O4)-c1ccccc1C3. The minimum atomic E-state index is -1.37. The number of hydrogen-bond donors (Lipinski definition) is 2. The van der Waals surface area contributed by atoms with E-state index in [4.69, 9.17) is 11.2 Å². The Morgan fingerprint density at radius 2 is 1.01 bits per heavy atom. The number of aryl methyl sites for hydroxylation is 2. The molecule has 2 atom stereocenters. The fourth-order valence-electron chi connectivity index (χ4n) is 13.4. The van der Waals surface area contributed by atoms with Crippen molar-refractivity contribution in [1.29, 1.82) is 0 Å². The van der Waals surface area contributed by atoms with Crippen LogP contribution in [0.1, 0.15) is 99.7 Å². The smallest absolute Gasteiger partial charge is 0.178 e. The molecule has 2 fully saturated rings. The zero-order chi connectivity index (χ0) is 55.1. The number of benzene rings is 10. The standard InChI is InChI=1S/C38H33NO.C20H21NO.C18H14O/c1-26-14-19-32-34(24-26)33-20-21-38(28-11-4-2-5-12-28,29-15-17-30(18-16-29)39-22-8-3-9-23-39)40-37(33)36-31-13-7-6-10-27(31)25-35(32)36;1-2-20(22,17-9-5-3-6-10-17)18-11-13-19(14-12-18)21-15-7-4-8-16-21;1-11-6-7-14-13(8-11)10-17(19)18-15-5-3-2-4-12(15)9-16(14)18/h2,4-7,10-21,24H,3,8-9,22-23,25H2,1H3;1,3,5-6,9-14,22H,4,7-8,15-16H2;2-8,10,19H,9H2,1H3. The molecule has 0 bridgehead atoms. The van der Waals surface area contributed by atoms with Crippen molar-refractivity contribution in [2.45, 2.75) is 76.4 Å². The summed E-state index contributed by atoms with van der Waals surface area (Å²) in [6.07, 6.45) is 19.8. The van der Waals surface area contributed by atoms with Gasteiger partial charge in [0, 0.05) is 76.5 Å². The van der Waals surface area contributed by atoms with Crippen molar-refractivity contribution in [3.05, 3.63) is 267 Å². The van der Waals surface area contributed by atoms with Crippen LogP contribution in [0, 0.1) is 26.2 Å². The maximum Gasteiger partial charge on any atom is 0.178 e. The van der Waals surface area contributed by atoms with Gasteiger partial charge in [0.1, 0.15) is 11.5 Å². The van der Waals surface area contributed by atoms with Gasteiger partial charge in [0.25, 0.3) is 0 Å². The molecule has 5 nitrogen and oxygen atoms in total. The first-order valence-electron chi connectivity index (χ1n) is 29.1. The van der Waals surface area contributed by atoms with Gasteiger partial charge >= 0.3 is 0 Å². The number of rotatable bonds is 6. The highest BCUT2D eigenvalue weighted by Gasteiger charge is 2.41. The van der Waals surface area contributed by atoms with Crippen LogP contribution in [-0.2, 0) is 24.0 Å². The number of fused-ring (bicyclic) bond motifs is 13. The van der Waals surface area contributed by atoms with Crippen molar-refractivity contribution in [2.75, 3.05) is 36.0 Å². The molecule has 5 aliphatic rings. The van der Waals surface area contributed by atoms with Crippen molar-refractivity contribution >= 4 is 39.0 Å². The van der Waals surface area contributed by atoms with Gasteiger partial charge in [-0.3, -0.25) is 0 Å². The van der Waals surface area contributed by atoms with E-state index in [1.165, 1.54) is 122 Å². The van der Waals surface area contributed by atoms with E-state index in [9.17, 15) is 10.2 Å². The van der Waals surface area contributed by atoms with Crippen molar-refractivity contribution in [1.82, 2.24) is 0 Å². The molecule has 5 heteroatoms. The van der Waals surface area contributed by atoms with Gasteiger partial charge in [-0.1, -0.05) is 187 Å². The summed E-state index contributed by atoms with van der Waals surface area (Å²) >= 11 is 0. The number of aromatic hydroxyl groups is 1. The molecule has 2 aliphatic carbocycles. The molecule has 10 aromatic rings. The van der Waals surface area contributed by atoms with Crippen molar-refractivity contribution in [2.24, 2.45) is 0 Å². The van der Waals surface area contributed by atoms with E-state index in [0.29, 0.717) is 5.75 Å². The molecule has 0 aromatic heterocycles. The Bertz CT molecular complexity index is 4030. The third kappa shape index (κ3) is 9.52. The van der Waals surface area contributed by atoms with Crippen LogP contribution >= 0.6 is 0 Å². The van der Waals surface area contributed by atoms with E-state index in [1.807, 2.05) is 54.6 Å². The Labute approximate surface area is 477 Å². The molecule has 2 N–H and O–H groups in total. The third-order valence-corrected chi connectivity index (χ3v) is 17.6. The van der Waals surface area contributed by atoms with E-state index in [2.05, 4.69) is 187 Å². The van der Waals surface area contributed by atoms with Gasteiger partial charge < -0.3 is 24.7 Å². The van der Waals surface area contributed by atoms with Gasteiger partial charge in [0.15, 0.2) is 11.2 Å². The fourth-order valence-corrected chi connectivity index (χ4v) is 13.4. The quantitative estimate of drug-likeness (QED) is 0.163. The number of terminal acetylenes is 1. The molecule has 10 aromatic carbocycles. The molecule has 3 heterocycles. The number of piperidine rings is 2. The van der Waals surface area contributed by atoms with Gasteiger partial charge in [-0.25, -0.2) is 0 Å². The molecule has 81 heavy (non-hydrogen) atoms. The van der Waals surface area contributed by atoms with Crippen LogP contribution in [-0.4, -0.2) is 36.4 Å². The molecule has 15 rings (SSSR count). The van der Waals surface area contributed by atoms with Crippen LogP contribution in [0.3, 0.4) is 0 Å². The van der Waals surface area contributed by atoms with Gasteiger partial charge in [-0.05, 0) is 163 Å². The van der Waals surface area contributed by atoms with Crippen LogP contribution < -0.4 is 14.5 Å². The molecule has 0 radical (unpaired) electrons. The predicted molar refractivity (Wildman–Crippen MR) is 336 cm³/mol. The largest absolute Gasteiger partial charge is 0.507 e. The number of ether oxygens (including phenoxy) is 1. The highest BCUT2D eigenvalue weighted by Crippen LogP contribution is 2.54. The molecule has 0 saturated carbocycles. The van der Waals surface area contributed by atoms with Gasteiger partial charge in [0.05, 0.1) is 0 Å². The van der Waals surface area contributed by atoms with Crippen LogP contribution in [0.2, 0.25) is 0 Å². The fraction of sp³-hybridized carbons (Fsp3) is 0.211. The summed E-state index contributed by atoms with van der Waals surface area (Å²) in [6, 6.07) is 69.7. The number of nitrogens with zero attached hydrogens (tertiary/aromatic N) is 2. The second kappa shape index (κ2) is 21.7. The maximum absolute atomic E-state index is 10.9. The zero-order valence-corrected chi connectivity index (χ0v) is 46.5. The first-order valence-corrected chi connectivity index (χ1v) is 29.1. The monoisotopic (exact) mass is 1060 g/mol. The normalized spacial score (nSPS) is 17.2. The maximum atomic E-state index is 10.9. The predicted octanol–water partition coefficient (Wildman–Crippen LogP) is 17.0. The Morgan fingerprint density at radius 1 is 0.506 bits per heavy atom.